The Balaban J connectivity index is 2.18. The normalized spacial score (nSPS) is 9.84. The van der Waals surface area contributed by atoms with Crippen LogP contribution in [-0.4, -0.2) is 21.3 Å². The lowest BCUT2D eigenvalue weighted by Crippen LogP contribution is -2.05. The number of ether oxygens (including phenoxy) is 1. The first kappa shape index (κ1) is 13.1. The molecule has 0 atom stereocenters. The highest BCUT2D eigenvalue weighted by Gasteiger charge is 2.06. The zero-order valence-electron chi connectivity index (χ0n) is 10.4. The molecule has 0 saturated carbocycles. The van der Waals surface area contributed by atoms with Crippen molar-refractivity contribution in [3.63, 3.8) is 0 Å². The van der Waals surface area contributed by atoms with Gasteiger partial charge in [-0.05, 0) is 12.1 Å². The number of aryl methyl sites for hydroxylation is 1. The monoisotopic (exact) mass is 260 g/mol. The Kier molecular flexibility index (Phi) is 4.11. The minimum atomic E-state index is -0.383. The molecule has 0 spiro atoms. The number of benzene rings is 1. The Morgan fingerprint density at radius 3 is 3.00 bits per heavy atom. The van der Waals surface area contributed by atoms with Crippen molar-refractivity contribution in [2.45, 2.75) is 6.61 Å². The molecule has 0 saturated heterocycles. The topological polar surface area (TPSA) is 66.0 Å². The van der Waals surface area contributed by atoms with E-state index in [9.17, 15) is 4.39 Å². The van der Waals surface area contributed by atoms with E-state index < -0.39 is 0 Å². The van der Waals surface area contributed by atoms with Gasteiger partial charge in [-0.25, -0.2) is 9.37 Å². The maximum absolute atomic E-state index is 13.2. The molecular weight excluding hydrogens is 247 g/mol. The molecule has 5 nitrogen and oxygen atoms in total. The van der Waals surface area contributed by atoms with Gasteiger partial charge in [0, 0.05) is 13.1 Å². The van der Waals surface area contributed by atoms with Crippen LogP contribution in [-0.2, 0) is 13.7 Å². The molecule has 0 unspecified atom stereocenters. The lowest BCUT2D eigenvalue weighted by Gasteiger charge is -2.07. The first-order valence-corrected chi connectivity index (χ1v) is 5.65. The standard InChI is InChI=1S/C13H13FN4O/c1-18-13(16-9-17-18)8-19-12-7-11(14)5-4-10(12)3-2-6-15/h4-5,7,9H,6,8,15H2,1H3. The highest BCUT2D eigenvalue weighted by Crippen LogP contribution is 2.20. The molecule has 0 aliphatic heterocycles. The summed E-state index contributed by atoms with van der Waals surface area (Å²) >= 11 is 0. The van der Waals surface area contributed by atoms with Gasteiger partial charge in [0.25, 0.3) is 0 Å². The summed E-state index contributed by atoms with van der Waals surface area (Å²) in [5.74, 6) is 6.17. The quantitative estimate of drug-likeness (QED) is 0.831. The molecular formula is C13H13FN4O. The van der Waals surface area contributed by atoms with Gasteiger partial charge in [0.1, 0.15) is 24.5 Å². The fourth-order valence-corrected chi connectivity index (χ4v) is 1.46. The average Bonchev–Trinajstić information content (AvgIpc) is 2.81. The van der Waals surface area contributed by atoms with Crippen LogP contribution in [0.3, 0.4) is 0 Å². The molecule has 2 rings (SSSR count). The Hall–Kier alpha value is -2.39. The molecule has 0 amide bonds. The first-order valence-electron chi connectivity index (χ1n) is 5.65. The van der Waals surface area contributed by atoms with Gasteiger partial charge in [-0.3, -0.25) is 4.68 Å². The fourth-order valence-electron chi connectivity index (χ4n) is 1.46. The van der Waals surface area contributed by atoms with Crippen LogP contribution in [0.15, 0.2) is 24.5 Å². The Morgan fingerprint density at radius 1 is 1.47 bits per heavy atom. The molecule has 19 heavy (non-hydrogen) atoms. The third kappa shape index (κ3) is 3.30. The fraction of sp³-hybridized carbons (Fsp3) is 0.231. The lowest BCUT2D eigenvalue weighted by atomic mass is 10.2. The number of rotatable bonds is 3. The van der Waals surface area contributed by atoms with Crippen molar-refractivity contribution in [2.24, 2.45) is 12.8 Å². The summed E-state index contributed by atoms with van der Waals surface area (Å²) in [6, 6.07) is 4.18. The summed E-state index contributed by atoms with van der Waals surface area (Å²) in [6.07, 6.45) is 1.43. The molecule has 1 aromatic heterocycles. The van der Waals surface area contributed by atoms with Gasteiger partial charge in [-0.2, -0.15) is 5.10 Å². The van der Waals surface area contributed by atoms with Crippen molar-refractivity contribution < 1.29 is 9.13 Å². The molecule has 0 aliphatic carbocycles. The van der Waals surface area contributed by atoms with Crippen LogP contribution in [0, 0.1) is 17.7 Å². The summed E-state index contributed by atoms with van der Waals surface area (Å²) in [5, 5.41) is 3.93. The van der Waals surface area contributed by atoms with E-state index in [0.29, 0.717) is 17.1 Å². The average molecular weight is 260 g/mol. The highest BCUT2D eigenvalue weighted by molar-refractivity contribution is 5.46. The number of nitrogens with zero attached hydrogens (tertiary/aromatic N) is 3. The van der Waals surface area contributed by atoms with Crippen molar-refractivity contribution in [3.8, 4) is 17.6 Å². The zero-order chi connectivity index (χ0) is 13.7. The minimum absolute atomic E-state index is 0.192. The van der Waals surface area contributed by atoms with Crippen molar-refractivity contribution in [1.82, 2.24) is 14.8 Å². The largest absolute Gasteiger partial charge is 0.484 e. The molecule has 1 heterocycles. The molecule has 6 heteroatoms. The Labute approximate surface area is 110 Å². The molecule has 98 valence electrons. The molecule has 1 aromatic carbocycles. The molecule has 0 fully saturated rings. The number of aromatic nitrogens is 3. The van der Waals surface area contributed by atoms with Crippen molar-refractivity contribution >= 4 is 0 Å². The van der Waals surface area contributed by atoms with Crippen molar-refractivity contribution in [3.05, 3.63) is 41.7 Å². The number of halogens is 1. The number of nitrogens with two attached hydrogens (primary N) is 1. The Morgan fingerprint density at radius 2 is 2.32 bits per heavy atom. The van der Waals surface area contributed by atoms with E-state index in [1.807, 2.05) is 0 Å². The maximum atomic E-state index is 13.2. The SMILES string of the molecule is Cn1ncnc1COc1cc(F)ccc1C#CCN. The van der Waals surface area contributed by atoms with E-state index >= 15 is 0 Å². The van der Waals surface area contributed by atoms with Crippen LogP contribution in [0.1, 0.15) is 11.4 Å². The second-order valence-electron chi connectivity index (χ2n) is 3.73. The van der Waals surface area contributed by atoms with Crippen molar-refractivity contribution in [2.75, 3.05) is 6.54 Å². The predicted octanol–water partition coefficient (Wildman–Crippen LogP) is 0.843. The predicted molar refractivity (Wildman–Crippen MR) is 67.7 cm³/mol. The third-order valence-electron chi connectivity index (χ3n) is 2.43. The van der Waals surface area contributed by atoms with Crippen LogP contribution in [0.2, 0.25) is 0 Å². The first-order chi connectivity index (χ1) is 9.20. The van der Waals surface area contributed by atoms with Gasteiger partial charge < -0.3 is 10.5 Å². The van der Waals surface area contributed by atoms with Gasteiger partial charge in [0.2, 0.25) is 0 Å². The maximum Gasteiger partial charge on any atom is 0.164 e. The summed E-state index contributed by atoms with van der Waals surface area (Å²) in [4.78, 5) is 4.02. The lowest BCUT2D eigenvalue weighted by molar-refractivity contribution is 0.287. The summed E-state index contributed by atoms with van der Waals surface area (Å²) in [5.41, 5.74) is 5.91. The number of hydrogen-bond acceptors (Lipinski definition) is 4. The van der Waals surface area contributed by atoms with E-state index in [4.69, 9.17) is 10.5 Å². The number of hydrogen-bond donors (Lipinski definition) is 1. The van der Waals surface area contributed by atoms with Gasteiger partial charge in [-0.15, -0.1) is 0 Å². The Bertz CT molecular complexity index is 627. The van der Waals surface area contributed by atoms with Crippen LogP contribution in [0.25, 0.3) is 0 Å². The summed E-state index contributed by atoms with van der Waals surface area (Å²) in [7, 11) is 1.76. The second kappa shape index (κ2) is 5.98. The van der Waals surface area contributed by atoms with Crippen LogP contribution < -0.4 is 10.5 Å². The van der Waals surface area contributed by atoms with Gasteiger partial charge in [-0.1, -0.05) is 11.8 Å². The highest BCUT2D eigenvalue weighted by atomic mass is 19.1. The van der Waals surface area contributed by atoms with E-state index in [0.717, 1.165) is 0 Å². The molecule has 0 bridgehead atoms. The molecule has 2 N–H and O–H groups in total. The van der Waals surface area contributed by atoms with Crippen LogP contribution >= 0.6 is 0 Å². The van der Waals surface area contributed by atoms with E-state index in [2.05, 4.69) is 21.9 Å². The second-order valence-corrected chi connectivity index (χ2v) is 3.73. The van der Waals surface area contributed by atoms with Gasteiger partial charge >= 0.3 is 0 Å². The third-order valence-corrected chi connectivity index (χ3v) is 2.43. The van der Waals surface area contributed by atoms with Gasteiger partial charge in [0.05, 0.1) is 12.1 Å². The van der Waals surface area contributed by atoms with Crippen LogP contribution in [0.4, 0.5) is 4.39 Å². The van der Waals surface area contributed by atoms with E-state index in [1.165, 1.54) is 18.5 Å². The van der Waals surface area contributed by atoms with Gasteiger partial charge in [0.15, 0.2) is 5.82 Å². The minimum Gasteiger partial charge on any atom is -0.484 e. The molecule has 0 aliphatic rings. The van der Waals surface area contributed by atoms with Crippen LogP contribution in [0.5, 0.6) is 5.75 Å². The molecule has 2 aromatic rings. The zero-order valence-corrected chi connectivity index (χ0v) is 10.4. The van der Waals surface area contributed by atoms with E-state index in [-0.39, 0.29) is 19.0 Å². The smallest absolute Gasteiger partial charge is 0.164 e. The van der Waals surface area contributed by atoms with E-state index in [1.54, 1.807) is 17.8 Å². The molecule has 0 radical (unpaired) electrons. The summed E-state index contributed by atoms with van der Waals surface area (Å²) < 4.78 is 20.3. The summed E-state index contributed by atoms with van der Waals surface area (Å²) in [6.45, 7) is 0.428. The van der Waals surface area contributed by atoms with Crippen molar-refractivity contribution in [1.29, 1.82) is 0 Å².